The molecule has 0 saturated heterocycles. The lowest BCUT2D eigenvalue weighted by atomic mass is 10.4. The Morgan fingerprint density at radius 3 is 2.90 bits per heavy atom. The van der Waals surface area contributed by atoms with Gasteiger partial charge in [0.15, 0.2) is 15.6 Å². The van der Waals surface area contributed by atoms with E-state index in [0.29, 0.717) is 21.4 Å². The van der Waals surface area contributed by atoms with Crippen LogP contribution in [-0.2, 0) is 16.1 Å². The van der Waals surface area contributed by atoms with Gasteiger partial charge in [0, 0.05) is 6.54 Å². The maximum absolute atomic E-state index is 11.2. The molecular weight excluding hydrogens is 346 g/mol. The third-order valence-electron chi connectivity index (χ3n) is 2.50. The van der Waals surface area contributed by atoms with E-state index in [1.807, 2.05) is 16.7 Å². The van der Waals surface area contributed by atoms with Crippen LogP contribution in [-0.4, -0.2) is 33.6 Å². The van der Waals surface area contributed by atoms with Crippen LogP contribution in [0.25, 0.3) is 11.6 Å². The van der Waals surface area contributed by atoms with Gasteiger partial charge in [0.25, 0.3) is 0 Å². The second-order valence-corrected chi connectivity index (χ2v) is 5.65. The smallest absolute Gasteiger partial charge is 0.316 e. The van der Waals surface area contributed by atoms with E-state index in [1.54, 1.807) is 0 Å². The summed E-state index contributed by atoms with van der Waals surface area (Å²) in [6.07, 6.45) is 0.929. The van der Waals surface area contributed by atoms with Crippen LogP contribution in [0.4, 0.5) is 0 Å². The summed E-state index contributed by atoms with van der Waals surface area (Å²) in [5.41, 5.74) is 0. The number of esters is 1. The molecule has 0 bridgehead atoms. The Balaban J connectivity index is 2.25. The minimum absolute atomic E-state index is 0.209. The van der Waals surface area contributed by atoms with E-state index in [1.165, 1.54) is 18.9 Å². The lowest BCUT2D eigenvalue weighted by Gasteiger charge is -2.06. The Hall–Kier alpha value is -1.28. The highest BCUT2D eigenvalue weighted by atomic mass is 79.9. The van der Waals surface area contributed by atoms with E-state index in [4.69, 9.17) is 4.42 Å². The molecule has 0 unspecified atom stereocenters. The Kier molecular flexibility index (Phi) is 5.24. The zero-order valence-corrected chi connectivity index (χ0v) is 13.5. The third kappa shape index (κ3) is 3.43. The topological polar surface area (TPSA) is 70.2 Å². The summed E-state index contributed by atoms with van der Waals surface area (Å²) in [6, 6.07) is 3.64. The highest BCUT2D eigenvalue weighted by Gasteiger charge is 2.17. The van der Waals surface area contributed by atoms with E-state index in [0.717, 1.165) is 13.0 Å². The number of aromatic nitrogens is 3. The molecule has 0 aromatic carbocycles. The lowest BCUT2D eigenvalue weighted by molar-refractivity contribution is -0.137. The molecule has 108 valence electrons. The van der Waals surface area contributed by atoms with Crippen molar-refractivity contribution < 1.29 is 13.9 Å². The van der Waals surface area contributed by atoms with Crippen LogP contribution in [0.2, 0.25) is 0 Å². The molecule has 0 atom stereocenters. The maximum atomic E-state index is 11.2. The quantitative estimate of drug-likeness (QED) is 0.583. The molecule has 0 amide bonds. The molecule has 0 radical (unpaired) electrons. The fourth-order valence-corrected chi connectivity index (χ4v) is 2.72. The van der Waals surface area contributed by atoms with Crippen molar-refractivity contribution >= 4 is 33.7 Å². The molecule has 0 aliphatic heterocycles. The molecule has 2 heterocycles. The molecule has 0 spiro atoms. The van der Waals surface area contributed by atoms with Gasteiger partial charge in [-0.25, -0.2) is 0 Å². The largest absolute Gasteiger partial charge is 0.468 e. The van der Waals surface area contributed by atoms with Gasteiger partial charge in [0.05, 0.1) is 12.9 Å². The average molecular weight is 360 g/mol. The minimum atomic E-state index is -0.289. The summed E-state index contributed by atoms with van der Waals surface area (Å²) < 4.78 is 12.7. The number of carbonyl (C=O) groups excluding carboxylic acids is 1. The summed E-state index contributed by atoms with van der Waals surface area (Å²) in [5, 5.41) is 8.95. The predicted molar refractivity (Wildman–Crippen MR) is 78.5 cm³/mol. The highest BCUT2D eigenvalue weighted by Crippen LogP contribution is 2.27. The zero-order valence-electron chi connectivity index (χ0n) is 11.1. The van der Waals surface area contributed by atoms with Crippen LogP contribution in [0.5, 0.6) is 0 Å². The van der Waals surface area contributed by atoms with E-state index < -0.39 is 0 Å². The molecule has 0 fully saturated rings. The molecule has 20 heavy (non-hydrogen) atoms. The number of hydrogen-bond donors (Lipinski definition) is 0. The van der Waals surface area contributed by atoms with Crippen LogP contribution in [0, 0.1) is 0 Å². The fraction of sp³-hybridized carbons (Fsp3) is 0.417. The summed E-state index contributed by atoms with van der Waals surface area (Å²) in [5.74, 6) is 1.22. The van der Waals surface area contributed by atoms with Crippen molar-refractivity contribution in [1.82, 2.24) is 14.8 Å². The van der Waals surface area contributed by atoms with E-state index in [-0.39, 0.29) is 11.7 Å². The number of nitrogens with zero attached hydrogens (tertiary/aromatic N) is 3. The first-order valence-corrected chi connectivity index (χ1v) is 7.82. The number of thioether (sulfide) groups is 1. The van der Waals surface area contributed by atoms with Crippen LogP contribution in [0.1, 0.15) is 13.3 Å². The molecular formula is C12H14BrN3O3S. The first kappa shape index (κ1) is 15.1. The summed E-state index contributed by atoms with van der Waals surface area (Å²) in [4.78, 5) is 11.2. The number of ether oxygens (including phenoxy) is 1. The van der Waals surface area contributed by atoms with Crippen LogP contribution in [0.15, 0.2) is 26.4 Å². The van der Waals surface area contributed by atoms with Gasteiger partial charge in [-0.1, -0.05) is 18.7 Å². The molecule has 2 rings (SSSR count). The van der Waals surface area contributed by atoms with E-state index in [9.17, 15) is 4.79 Å². The molecule has 8 heteroatoms. The Morgan fingerprint density at radius 1 is 1.50 bits per heavy atom. The maximum Gasteiger partial charge on any atom is 0.316 e. The van der Waals surface area contributed by atoms with Crippen molar-refractivity contribution in [3.05, 3.63) is 16.8 Å². The number of halogens is 1. The van der Waals surface area contributed by atoms with E-state index >= 15 is 0 Å². The second-order valence-electron chi connectivity index (χ2n) is 3.93. The van der Waals surface area contributed by atoms with Crippen molar-refractivity contribution in [2.24, 2.45) is 0 Å². The number of rotatable bonds is 6. The number of furan rings is 1. The molecule has 2 aromatic rings. The predicted octanol–water partition coefficient (Wildman–Crippen LogP) is 2.98. The molecule has 6 nitrogen and oxygen atoms in total. The van der Waals surface area contributed by atoms with E-state index in [2.05, 4.69) is 37.8 Å². The summed E-state index contributed by atoms with van der Waals surface area (Å²) in [6.45, 7) is 2.82. The summed E-state index contributed by atoms with van der Waals surface area (Å²) >= 11 is 4.57. The van der Waals surface area contributed by atoms with Gasteiger partial charge < -0.3 is 9.15 Å². The van der Waals surface area contributed by atoms with Gasteiger partial charge in [0.2, 0.25) is 5.82 Å². The minimum Gasteiger partial charge on any atom is -0.468 e. The van der Waals surface area contributed by atoms with Gasteiger partial charge in [-0.3, -0.25) is 9.36 Å². The van der Waals surface area contributed by atoms with Crippen LogP contribution in [0.3, 0.4) is 0 Å². The zero-order chi connectivity index (χ0) is 14.5. The molecule has 2 aromatic heterocycles. The molecule has 0 saturated carbocycles. The highest BCUT2D eigenvalue weighted by molar-refractivity contribution is 9.10. The Morgan fingerprint density at radius 2 is 2.30 bits per heavy atom. The van der Waals surface area contributed by atoms with Gasteiger partial charge in [-0.2, -0.15) is 0 Å². The van der Waals surface area contributed by atoms with Crippen molar-refractivity contribution in [3.8, 4) is 11.6 Å². The molecule has 0 aliphatic carbocycles. The Labute approximate surface area is 129 Å². The molecule has 0 aliphatic rings. The van der Waals surface area contributed by atoms with Crippen molar-refractivity contribution in [1.29, 1.82) is 0 Å². The standard InChI is InChI=1S/C12H14BrN3O3S/c1-3-6-16-11(8-4-5-9(13)19-8)14-15-12(16)20-7-10(17)18-2/h4-5H,3,6-7H2,1-2H3. The van der Waals surface area contributed by atoms with Gasteiger partial charge in [0.1, 0.15) is 0 Å². The van der Waals surface area contributed by atoms with Crippen LogP contribution >= 0.6 is 27.7 Å². The SMILES string of the molecule is CCCn1c(SCC(=O)OC)nnc1-c1ccc(Br)o1. The number of carbonyl (C=O) groups is 1. The van der Waals surface area contributed by atoms with Crippen molar-refractivity contribution in [2.75, 3.05) is 12.9 Å². The van der Waals surface area contributed by atoms with Gasteiger partial charge in [-0.05, 0) is 34.5 Å². The first-order chi connectivity index (χ1) is 9.65. The molecule has 0 N–H and O–H groups in total. The average Bonchev–Trinajstić information content (AvgIpc) is 3.03. The van der Waals surface area contributed by atoms with Crippen molar-refractivity contribution in [2.45, 2.75) is 25.0 Å². The lowest BCUT2D eigenvalue weighted by Crippen LogP contribution is -2.06. The first-order valence-electron chi connectivity index (χ1n) is 6.04. The van der Waals surface area contributed by atoms with Gasteiger partial charge >= 0.3 is 5.97 Å². The normalized spacial score (nSPS) is 10.8. The number of hydrogen-bond acceptors (Lipinski definition) is 6. The van der Waals surface area contributed by atoms with Crippen molar-refractivity contribution in [3.63, 3.8) is 0 Å². The second kappa shape index (κ2) is 6.94. The number of methoxy groups -OCH3 is 1. The third-order valence-corrected chi connectivity index (χ3v) is 3.87. The summed E-state index contributed by atoms with van der Waals surface area (Å²) in [7, 11) is 1.37. The monoisotopic (exact) mass is 359 g/mol. The Bertz CT molecular complexity index is 597. The fourth-order valence-electron chi connectivity index (χ4n) is 1.62. The van der Waals surface area contributed by atoms with Crippen LogP contribution < -0.4 is 0 Å². The van der Waals surface area contributed by atoms with Gasteiger partial charge in [-0.15, -0.1) is 10.2 Å².